The Morgan fingerprint density at radius 1 is 1.21 bits per heavy atom. The number of amides is 2. The largest absolute Gasteiger partial charge is 0.350 e. The standard InChI is InChI=1S/C18H22N4O2/c1-18(2,3)21-17(24)12-19-16(23)10-9-14-11-20-22(13-14)15-7-5-4-6-8-15/h4-11,13H,12H2,1-3H3,(H,19,23)(H,21,24)/b10-9+. The molecule has 0 saturated carbocycles. The summed E-state index contributed by atoms with van der Waals surface area (Å²) in [4.78, 5) is 23.4. The van der Waals surface area contributed by atoms with Gasteiger partial charge in [0.15, 0.2) is 0 Å². The van der Waals surface area contributed by atoms with Crippen molar-refractivity contribution in [3.05, 3.63) is 54.4 Å². The first kappa shape index (κ1) is 17.5. The van der Waals surface area contributed by atoms with Crippen LogP contribution in [0.25, 0.3) is 11.8 Å². The Kier molecular flexibility index (Phi) is 5.52. The van der Waals surface area contributed by atoms with E-state index in [0.29, 0.717) is 0 Å². The predicted octanol–water partition coefficient (Wildman–Crippen LogP) is 1.92. The van der Waals surface area contributed by atoms with Gasteiger partial charge < -0.3 is 10.6 Å². The third-order valence-corrected chi connectivity index (χ3v) is 2.99. The molecule has 24 heavy (non-hydrogen) atoms. The van der Waals surface area contributed by atoms with Crippen LogP contribution in [0.15, 0.2) is 48.8 Å². The van der Waals surface area contributed by atoms with Crippen LogP contribution in [0.5, 0.6) is 0 Å². The molecule has 0 unspecified atom stereocenters. The molecular weight excluding hydrogens is 304 g/mol. The summed E-state index contributed by atoms with van der Waals surface area (Å²) in [5.74, 6) is -0.548. The van der Waals surface area contributed by atoms with Gasteiger partial charge in [0.25, 0.3) is 0 Å². The highest BCUT2D eigenvalue weighted by atomic mass is 16.2. The van der Waals surface area contributed by atoms with Gasteiger partial charge in [0.2, 0.25) is 11.8 Å². The van der Waals surface area contributed by atoms with Crippen molar-refractivity contribution in [3.63, 3.8) is 0 Å². The summed E-state index contributed by atoms with van der Waals surface area (Å²) >= 11 is 0. The number of para-hydroxylation sites is 1. The quantitative estimate of drug-likeness (QED) is 0.824. The van der Waals surface area contributed by atoms with Crippen molar-refractivity contribution in [2.24, 2.45) is 0 Å². The molecule has 1 aromatic carbocycles. The third-order valence-electron chi connectivity index (χ3n) is 2.99. The maximum Gasteiger partial charge on any atom is 0.244 e. The van der Waals surface area contributed by atoms with Crippen molar-refractivity contribution in [2.45, 2.75) is 26.3 Å². The molecule has 0 aliphatic carbocycles. The molecule has 0 aliphatic rings. The molecule has 0 atom stereocenters. The molecular formula is C18H22N4O2. The topological polar surface area (TPSA) is 76.0 Å². The van der Waals surface area contributed by atoms with E-state index < -0.39 is 0 Å². The SMILES string of the molecule is CC(C)(C)NC(=O)CNC(=O)/C=C/c1cnn(-c2ccccc2)c1. The molecule has 126 valence electrons. The second-order valence-electron chi connectivity index (χ2n) is 6.40. The monoisotopic (exact) mass is 326 g/mol. The summed E-state index contributed by atoms with van der Waals surface area (Å²) in [5.41, 5.74) is 1.43. The van der Waals surface area contributed by atoms with E-state index in [0.717, 1.165) is 11.3 Å². The van der Waals surface area contributed by atoms with E-state index in [9.17, 15) is 9.59 Å². The summed E-state index contributed by atoms with van der Waals surface area (Å²) in [5, 5.41) is 9.58. The van der Waals surface area contributed by atoms with Gasteiger partial charge in [-0.1, -0.05) is 18.2 Å². The van der Waals surface area contributed by atoms with E-state index in [4.69, 9.17) is 0 Å². The van der Waals surface area contributed by atoms with Gasteiger partial charge in [0.05, 0.1) is 18.4 Å². The first-order valence-electron chi connectivity index (χ1n) is 7.70. The number of aromatic nitrogens is 2. The average Bonchev–Trinajstić information content (AvgIpc) is 2.99. The van der Waals surface area contributed by atoms with Crippen LogP contribution in [0.4, 0.5) is 0 Å². The number of carbonyl (C=O) groups is 2. The van der Waals surface area contributed by atoms with E-state index in [2.05, 4.69) is 15.7 Å². The molecule has 6 nitrogen and oxygen atoms in total. The zero-order valence-electron chi connectivity index (χ0n) is 14.1. The van der Waals surface area contributed by atoms with Crippen LogP contribution in [-0.2, 0) is 9.59 Å². The predicted molar refractivity (Wildman–Crippen MR) is 93.5 cm³/mol. The lowest BCUT2D eigenvalue weighted by Gasteiger charge is -2.20. The van der Waals surface area contributed by atoms with E-state index in [1.165, 1.54) is 6.08 Å². The molecule has 2 aromatic rings. The van der Waals surface area contributed by atoms with Gasteiger partial charge in [0.1, 0.15) is 0 Å². The molecule has 1 heterocycles. The minimum atomic E-state index is -0.327. The maximum absolute atomic E-state index is 11.8. The van der Waals surface area contributed by atoms with E-state index in [1.54, 1.807) is 17.0 Å². The van der Waals surface area contributed by atoms with Crippen molar-refractivity contribution in [3.8, 4) is 5.69 Å². The van der Waals surface area contributed by atoms with Crippen LogP contribution >= 0.6 is 0 Å². The molecule has 0 fully saturated rings. The minimum absolute atomic E-state index is 0.0519. The number of hydrogen-bond donors (Lipinski definition) is 2. The highest BCUT2D eigenvalue weighted by Crippen LogP contribution is 2.08. The molecule has 2 N–H and O–H groups in total. The molecule has 0 aliphatic heterocycles. The number of rotatable bonds is 5. The molecule has 0 bridgehead atoms. The lowest BCUT2D eigenvalue weighted by molar-refractivity contribution is -0.124. The van der Waals surface area contributed by atoms with Gasteiger partial charge in [-0.15, -0.1) is 0 Å². The maximum atomic E-state index is 11.8. The molecule has 0 radical (unpaired) electrons. The highest BCUT2D eigenvalue weighted by molar-refractivity contribution is 5.94. The Morgan fingerprint density at radius 3 is 2.58 bits per heavy atom. The molecule has 6 heteroatoms. The summed E-state index contributed by atoms with van der Waals surface area (Å²) in [6.07, 6.45) is 6.54. The lowest BCUT2D eigenvalue weighted by Crippen LogP contribution is -2.45. The molecule has 0 spiro atoms. The van der Waals surface area contributed by atoms with Gasteiger partial charge in [-0.25, -0.2) is 4.68 Å². The zero-order valence-corrected chi connectivity index (χ0v) is 14.1. The Morgan fingerprint density at radius 2 is 1.92 bits per heavy atom. The van der Waals surface area contributed by atoms with Crippen molar-refractivity contribution in [1.82, 2.24) is 20.4 Å². The highest BCUT2D eigenvalue weighted by Gasteiger charge is 2.13. The van der Waals surface area contributed by atoms with Crippen LogP contribution < -0.4 is 10.6 Å². The van der Waals surface area contributed by atoms with Gasteiger partial charge in [-0.2, -0.15) is 5.10 Å². The van der Waals surface area contributed by atoms with E-state index in [-0.39, 0.29) is 23.9 Å². The van der Waals surface area contributed by atoms with Crippen molar-refractivity contribution >= 4 is 17.9 Å². The number of benzene rings is 1. The zero-order chi connectivity index (χ0) is 17.6. The summed E-state index contributed by atoms with van der Waals surface area (Å²) < 4.78 is 1.73. The second kappa shape index (κ2) is 7.59. The fraction of sp³-hybridized carbons (Fsp3) is 0.278. The Hall–Kier alpha value is -2.89. The van der Waals surface area contributed by atoms with Crippen molar-refractivity contribution < 1.29 is 9.59 Å². The third kappa shape index (κ3) is 5.72. The fourth-order valence-corrected chi connectivity index (χ4v) is 2.01. The average molecular weight is 326 g/mol. The van der Waals surface area contributed by atoms with Gasteiger partial charge in [0, 0.05) is 23.4 Å². The first-order chi connectivity index (χ1) is 11.3. The molecule has 2 amide bonds. The van der Waals surface area contributed by atoms with E-state index >= 15 is 0 Å². The van der Waals surface area contributed by atoms with Gasteiger partial charge >= 0.3 is 0 Å². The Labute approximate surface area is 141 Å². The molecule has 2 rings (SSSR count). The molecule has 1 aromatic heterocycles. The summed E-state index contributed by atoms with van der Waals surface area (Å²) in [6, 6.07) is 9.70. The number of nitrogens with zero attached hydrogens (tertiary/aromatic N) is 2. The van der Waals surface area contributed by atoms with E-state index in [1.807, 2.05) is 57.3 Å². The Balaban J connectivity index is 1.86. The van der Waals surface area contributed by atoms with Crippen LogP contribution in [-0.4, -0.2) is 33.7 Å². The minimum Gasteiger partial charge on any atom is -0.350 e. The van der Waals surface area contributed by atoms with Crippen LogP contribution in [0, 0.1) is 0 Å². The van der Waals surface area contributed by atoms with Gasteiger partial charge in [-0.3, -0.25) is 9.59 Å². The number of carbonyl (C=O) groups excluding carboxylic acids is 2. The van der Waals surface area contributed by atoms with Crippen molar-refractivity contribution in [2.75, 3.05) is 6.54 Å². The molecule has 0 saturated heterocycles. The van der Waals surface area contributed by atoms with Crippen LogP contribution in [0.3, 0.4) is 0 Å². The number of nitrogens with one attached hydrogen (secondary N) is 2. The Bertz CT molecular complexity index is 727. The normalized spacial score (nSPS) is 11.5. The van der Waals surface area contributed by atoms with Crippen LogP contribution in [0.2, 0.25) is 0 Å². The lowest BCUT2D eigenvalue weighted by atomic mass is 10.1. The van der Waals surface area contributed by atoms with Crippen LogP contribution in [0.1, 0.15) is 26.3 Å². The smallest absolute Gasteiger partial charge is 0.244 e. The summed E-state index contributed by atoms with van der Waals surface area (Å²) in [7, 11) is 0. The fourth-order valence-electron chi connectivity index (χ4n) is 2.01. The van der Waals surface area contributed by atoms with Gasteiger partial charge in [-0.05, 0) is 39.0 Å². The summed E-state index contributed by atoms with van der Waals surface area (Å²) in [6.45, 7) is 5.61. The van der Waals surface area contributed by atoms with Crippen molar-refractivity contribution in [1.29, 1.82) is 0 Å². The number of hydrogen-bond acceptors (Lipinski definition) is 3. The first-order valence-corrected chi connectivity index (χ1v) is 7.70. The second-order valence-corrected chi connectivity index (χ2v) is 6.40.